The van der Waals surface area contributed by atoms with E-state index in [4.69, 9.17) is 28.7 Å². The van der Waals surface area contributed by atoms with Crippen molar-refractivity contribution >= 4 is 10.8 Å². The summed E-state index contributed by atoms with van der Waals surface area (Å²) in [6.07, 6.45) is 16.1. The van der Waals surface area contributed by atoms with Gasteiger partial charge >= 0.3 is 0 Å². The van der Waals surface area contributed by atoms with Gasteiger partial charge in [0.15, 0.2) is 0 Å². The molecule has 0 atom stereocenters. The molecule has 0 spiro atoms. The van der Waals surface area contributed by atoms with E-state index in [2.05, 4.69) is 73.2 Å². The molecule has 0 heterocycles. The van der Waals surface area contributed by atoms with E-state index in [1.807, 2.05) is 64.1 Å². The number of rotatable bonds is 4. The van der Waals surface area contributed by atoms with Gasteiger partial charge in [0.05, 0.1) is 5.41 Å². The maximum Gasteiger partial charge on any atom is 0.148 e. The summed E-state index contributed by atoms with van der Waals surface area (Å²) >= 11 is 0. The Kier molecular flexibility index (Phi) is 11.6. The van der Waals surface area contributed by atoms with Crippen LogP contribution in [0.4, 0.5) is 0 Å². The van der Waals surface area contributed by atoms with Crippen LogP contribution in [0.3, 0.4) is 0 Å². The highest BCUT2D eigenvalue weighted by molar-refractivity contribution is 5.85. The van der Waals surface area contributed by atoms with Gasteiger partial charge in [-0.2, -0.15) is 0 Å². The van der Waals surface area contributed by atoms with Gasteiger partial charge in [-0.3, -0.25) is 0 Å². The van der Waals surface area contributed by atoms with Crippen molar-refractivity contribution in [2.45, 2.75) is 40.0 Å². The van der Waals surface area contributed by atoms with Crippen LogP contribution in [0, 0.1) is 37.0 Å². The van der Waals surface area contributed by atoms with E-state index < -0.39 is 0 Å². The predicted molar refractivity (Wildman–Crippen MR) is 162 cm³/mol. The lowest BCUT2D eigenvalue weighted by atomic mass is 9.81. The van der Waals surface area contributed by atoms with Gasteiger partial charge in [0, 0.05) is 0 Å². The van der Waals surface area contributed by atoms with Crippen LogP contribution in [-0.4, -0.2) is 13.2 Å². The second-order valence-electron chi connectivity index (χ2n) is 8.02. The lowest BCUT2D eigenvalue weighted by Crippen LogP contribution is -2.17. The molecular formula is C36H36O2. The van der Waals surface area contributed by atoms with Crippen molar-refractivity contribution in [3.8, 4) is 59.7 Å². The van der Waals surface area contributed by atoms with Crippen LogP contribution in [0.15, 0.2) is 84.9 Å². The van der Waals surface area contributed by atoms with Crippen LogP contribution >= 0.6 is 0 Å². The number of ether oxygens (including phenoxy) is 2. The predicted octanol–water partition coefficient (Wildman–Crippen LogP) is 8.52. The van der Waals surface area contributed by atoms with Crippen molar-refractivity contribution in [2.24, 2.45) is 0 Å². The Bertz CT molecular complexity index is 1360. The first kappa shape index (κ1) is 29.6. The zero-order chi connectivity index (χ0) is 28.0. The van der Waals surface area contributed by atoms with Crippen molar-refractivity contribution in [3.63, 3.8) is 0 Å². The third-order valence-corrected chi connectivity index (χ3v) is 5.94. The number of hydrogen-bond donors (Lipinski definition) is 0. The molecule has 0 fully saturated rings. The van der Waals surface area contributed by atoms with E-state index in [0.717, 1.165) is 22.3 Å². The number of terminal acetylenes is 3. The molecule has 0 bridgehead atoms. The average Bonchev–Trinajstić information content (AvgIpc) is 3.26. The molecule has 0 saturated heterocycles. The topological polar surface area (TPSA) is 18.5 Å². The van der Waals surface area contributed by atoms with E-state index in [0.29, 0.717) is 0 Å². The first-order valence-electron chi connectivity index (χ1n) is 12.9. The monoisotopic (exact) mass is 500 g/mol. The minimum atomic E-state index is -0.271. The van der Waals surface area contributed by atoms with Gasteiger partial charge in [-0.25, -0.2) is 0 Å². The molecule has 0 N–H and O–H groups in total. The Hall–Kier alpha value is -4.58. The lowest BCUT2D eigenvalue weighted by Gasteiger charge is -2.19. The van der Waals surface area contributed by atoms with Crippen molar-refractivity contribution in [3.05, 3.63) is 96.1 Å². The number of hydrogen-bond acceptors (Lipinski definition) is 2. The molecule has 2 nitrogen and oxygen atoms in total. The van der Waals surface area contributed by atoms with Gasteiger partial charge in [-0.1, -0.05) is 106 Å². The first-order valence-corrected chi connectivity index (χ1v) is 12.9. The van der Waals surface area contributed by atoms with Gasteiger partial charge < -0.3 is 9.47 Å². The zero-order valence-electron chi connectivity index (χ0n) is 23.0. The van der Waals surface area contributed by atoms with E-state index in [-0.39, 0.29) is 18.6 Å². The van der Waals surface area contributed by atoms with Crippen LogP contribution in [0.1, 0.15) is 45.7 Å². The average molecular weight is 501 g/mol. The van der Waals surface area contributed by atoms with Crippen LogP contribution in [0.2, 0.25) is 0 Å². The Morgan fingerprint density at radius 2 is 1.03 bits per heavy atom. The van der Waals surface area contributed by atoms with Crippen LogP contribution in [0.5, 0.6) is 11.5 Å². The highest BCUT2D eigenvalue weighted by Gasteiger charge is 2.37. The largest absolute Gasteiger partial charge is 0.481 e. The minimum Gasteiger partial charge on any atom is -0.481 e. The molecular weight excluding hydrogens is 464 g/mol. The summed E-state index contributed by atoms with van der Waals surface area (Å²) in [4.78, 5) is 0. The molecule has 5 rings (SSSR count). The van der Waals surface area contributed by atoms with Gasteiger partial charge in [0.1, 0.15) is 24.7 Å². The quantitative estimate of drug-likeness (QED) is 0.261. The SMILES string of the molecule is C#CC1(C)c2ccccc2-c2ccccc21.C#CCOc1ccc2ccc(OCC#C)cc2c1.CC.CC. The Labute approximate surface area is 229 Å². The van der Waals surface area contributed by atoms with E-state index >= 15 is 0 Å². The Morgan fingerprint density at radius 3 is 1.42 bits per heavy atom. The third-order valence-electron chi connectivity index (χ3n) is 5.94. The van der Waals surface area contributed by atoms with E-state index in [9.17, 15) is 0 Å². The molecule has 1 aliphatic carbocycles. The standard InChI is InChI=1S/C16H12O2.C16H12.2C2H6/c1-3-9-17-15-7-5-13-6-8-16(18-10-4-2)12-14(13)11-15;1-3-16(2)14-10-6-4-8-12(14)13-9-5-7-11-15(13)16;2*1-2/h1-2,5-8,11-12H,9-10H2;1,4-11H,2H3;2*1-2H3. The third kappa shape index (κ3) is 6.59. The van der Waals surface area contributed by atoms with Crippen molar-refractivity contribution in [2.75, 3.05) is 13.2 Å². The van der Waals surface area contributed by atoms with Crippen LogP contribution < -0.4 is 9.47 Å². The Balaban J connectivity index is 0.000000237. The summed E-state index contributed by atoms with van der Waals surface area (Å²) < 4.78 is 10.7. The highest BCUT2D eigenvalue weighted by Crippen LogP contribution is 2.47. The normalized spacial score (nSPS) is 11.1. The second kappa shape index (κ2) is 14.9. The van der Waals surface area contributed by atoms with Crippen molar-refractivity contribution in [1.29, 1.82) is 0 Å². The molecule has 4 aromatic carbocycles. The maximum absolute atomic E-state index is 5.75. The molecule has 38 heavy (non-hydrogen) atoms. The second-order valence-corrected chi connectivity index (χ2v) is 8.02. The summed E-state index contributed by atoms with van der Waals surface area (Å²) in [5, 5.41) is 2.13. The van der Waals surface area contributed by atoms with Gasteiger partial charge in [0.25, 0.3) is 0 Å². The maximum atomic E-state index is 5.75. The molecule has 0 aromatic heterocycles. The molecule has 0 radical (unpaired) electrons. The molecule has 2 heteroatoms. The van der Waals surface area contributed by atoms with Crippen molar-refractivity contribution < 1.29 is 9.47 Å². The zero-order valence-corrected chi connectivity index (χ0v) is 23.0. The lowest BCUT2D eigenvalue weighted by molar-refractivity contribution is 0.369. The summed E-state index contributed by atoms with van der Waals surface area (Å²) in [6.45, 7) is 10.6. The fourth-order valence-corrected chi connectivity index (χ4v) is 4.24. The molecule has 192 valence electrons. The molecule has 0 saturated carbocycles. The summed E-state index contributed by atoms with van der Waals surface area (Å²) in [5.41, 5.74) is 4.78. The van der Waals surface area contributed by atoms with E-state index in [1.165, 1.54) is 22.3 Å². The minimum absolute atomic E-state index is 0.263. The number of fused-ring (bicyclic) bond motifs is 4. The van der Waals surface area contributed by atoms with Crippen LogP contribution in [-0.2, 0) is 5.41 Å². The molecule has 0 unspecified atom stereocenters. The molecule has 0 aliphatic heterocycles. The van der Waals surface area contributed by atoms with Crippen molar-refractivity contribution in [1.82, 2.24) is 0 Å². The van der Waals surface area contributed by atoms with Gasteiger partial charge in [-0.15, -0.1) is 19.3 Å². The molecule has 1 aliphatic rings. The Morgan fingerprint density at radius 1 is 0.605 bits per heavy atom. The van der Waals surface area contributed by atoms with Gasteiger partial charge in [-0.05, 0) is 64.2 Å². The smallest absolute Gasteiger partial charge is 0.148 e. The first-order chi connectivity index (χ1) is 18.6. The summed E-state index contributed by atoms with van der Waals surface area (Å²) in [5.74, 6) is 9.31. The summed E-state index contributed by atoms with van der Waals surface area (Å²) in [7, 11) is 0. The fraction of sp³-hybridized carbons (Fsp3) is 0.222. The molecule has 0 amide bonds. The fourth-order valence-electron chi connectivity index (χ4n) is 4.24. The number of benzene rings is 4. The van der Waals surface area contributed by atoms with Crippen LogP contribution in [0.25, 0.3) is 21.9 Å². The molecule has 4 aromatic rings. The van der Waals surface area contributed by atoms with Gasteiger partial charge in [0.2, 0.25) is 0 Å². The van der Waals surface area contributed by atoms with E-state index in [1.54, 1.807) is 0 Å². The summed E-state index contributed by atoms with van der Waals surface area (Å²) in [6, 6.07) is 28.4. The highest BCUT2D eigenvalue weighted by atomic mass is 16.5.